The monoisotopic (exact) mass is 387 g/mol. The fourth-order valence-corrected chi connectivity index (χ4v) is 3.79. The Morgan fingerprint density at radius 2 is 1.89 bits per heavy atom. The number of carbonyl (C=O) groups is 1. The van der Waals surface area contributed by atoms with Crippen LogP contribution in [0.5, 0.6) is 11.5 Å². The normalized spacial score (nSPS) is 10.7. The number of nitrogens with one attached hydrogen (secondary N) is 1. The van der Waals surface area contributed by atoms with Crippen LogP contribution in [0.2, 0.25) is 0 Å². The van der Waals surface area contributed by atoms with Gasteiger partial charge in [-0.1, -0.05) is 0 Å². The fraction of sp³-hybridized carbons (Fsp3) is 0.316. The standard InChI is InChI=1S/C19H21N3O4S/c1-5-25-13-8-7-12(9-14(13)26-6-2)22-17-15-11(3)16(19(23)24-4)27-18(15)21-10-20-17/h7-10H,5-6H2,1-4H3,(H,20,21,22). The predicted molar refractivity (Wildman–Crippen MR) is 106 cm³/mol. The molecular formula is C19H21N3O4S. The van der Waals surface area contributed by atoms with Gasteiger partial charge in [-0.15, -0.1) is 11.3 Å². The maximum absolute atomic E-state index is 12.0. The summed E-state index contributed by atoms with van der Waals surface area (Å²) in [5, 5.41) is 4.09. The van der Waals surface area contributed by atoms with Gasteiger partial charge >= 0.3 is 5.97 Å². The summed E-state index contributed by atoms with van der Waals surface area (Å²) in [6.07, 6.45) is 1.47. The third-order valence-corrected chi connectivity index (χ3v) is 5.08. The Morgan fingerprint density at radius 3 is 2.59 bits per heavy atom. The molecule has 0 fully saturated rings. The van der Waals surface area contributed by atoms with Gasteiger partial charge in [0, 0.05) is 11.8 Å². The number of carbonyl (C=O) groups excluding carboxylic acids is 1. The molecule has 0 bridgehead atoms. The first-order valence-corrected chi connectivity index (χ1v) is 9.39. The second-order valence-corrected chi connectivity index (χ2v) is 6.60. The van der Waals surface area contributed by atoms with Crippen molar-refractivity contribution in [1.82, 2.24) is 9.97 Å². The van der Waals surface area contributed by atoms with Crippen LogP contribution < -0.4 is 14.8 Å². The largest absolute Gasteiger partial charge is 0.490 e. The molecule has 0 atom stereocenters. The summed E-state index contributed by atoms with van der Waals surface area (Å²) in [5.41, 5.74) is 1.59. The molecule has 0 aliphatic carbocycles. The number of nitrogens with zero attached hydrogens (tertiary/aromatic N) is 2. The van der Waals surface area contributed by atoms with E-state index in [1.807, 2.05) is 39.0 Å². The molecule has 0 saturated heterocycles. The van der Waals surface area contributed by atoms with Crippen molar-refractivity contribution in [3.8, 4) is 11.5 Å². The highest BCUT2D eigenvalue weighted by Gasteiger charge is 2.20. The number of anilines is 2. The van der Waals surface area contributed by atoms with Crippen molar-refractivity contribution in [3.63, 3.8) is 0 Å². The van der Waals surface area contributed by atoms with Crippen molar-refractivity contribution in [3.05, 3.63) is 35.0 Å². The number of aryl methyl sites for hydroxylation is 1. The number of esters is 1. The predicted octanol–water partition coefficient (Wildman–Crippen LogP) is 4.33. The lowest BCUT2D eigenvalue weighted by atomic mass is 10.2. The minimum Gasteiger partial charge on any atom is -0.490 e. The van der Waals surface area contributed by atoms with Gasteiger partial charge in [0.15, 0.2) is 11.5 Å². The number of fused-ring (bicyclic) bond motifs is 1. The SMILES string of the molecule is CCOc1ccc(Nc2ncnc3sc(C(=O)OC)c(C)c23)cc1OCC. The lowest BCUT2D eigenvalue weighted by Crippen LogP contribution is -2.01. The Hall–Kier alpha value is -2.87. The van der Waals surface area contributed by atoms with Crippen LogP contribution in [0, 0.1) is 6.92 Å². The van der Waals surface area contributed by atoms with Crippen molar-refractivity contribution < 1.29 is 19.0 Å². The van der Waals surface area contributed by atoms with E-state index in [9.17, 15) is 4.79 Å². The molecule has 0 spiro atoms. The molecule has 3 aromatic rings. The fourth-order valence-electron chi connectivity index (χ4n) is 2.72. The Labute approximate surface area is 161 Å². The summed E-state index contributed by atoms with van der Waals surface area (Å²) in [5.74, 6) is 1.60. The zero-order chi connectivity index (χ0) is 19.4. The zero-order valence-corrected chi connectivity index (χ0v) is 16.5. The van der Waals surface area contributed by atoms with E-state index in [1.54, 1.807) is 0 Å². The molecular weight excluding hydrogens is 366 g/mol. The van der Waals surface area contributed by atoms with Gasteiger partial charge in [0.05, 0.1) is 25.7 Å². The summed E-state index contributed by atoms with van der Waals surface area (Å²) in [4.78, 5) is 21.9. The van der Waals surface area contributed by atoms with Gasteiger partial charge in [0.25, 0.3) is 0 Å². The van der Waals surface area contributed by atoms with E-state index in [0.29, 0.717) is 35.4 Å². The Kier molecular flexibility index (Phi) is 5.75. The number of thiophene rings is 1. The minimum atomic E-state index is -0.374. The van der Waals surface area contributed by atoms with Gasteiger partial charge in [0.1, 0.15) is 21.9 Å². The first-order chi connectivity index (χ1) is 13.1. The van der Waals surface area contributed by atoms with Crippen LogP contribution in [0.25, 0.3) is 10.2 Å². The molecule has 142 valence electrons. The molecule has 0 aliphatic rings. The molecule has 0 saturated carbocycles. The summed E-state index contributed by atoms with van der Waals surface area (Å²) in [7, 11) is 1.37. The highest BCUT2D eigenvalue weighted by Crippen LogP contribution is 2.36. The van der Waals surface area contributed by atoms with E-state index in [0.717, 1.165) is 21.5 Å². The third kappa shape index (κ3) is 3.80. The second-order valence-electron chi connectivity index (χ2n) is 5.60. The van der Waals surface area contributed by atoms with Crippen molar-refractivity contribution in [1.29, 1.82) is 0 Å². The van der Waals surface area contributed by atoms with Gasteiger partial charge in [-0.05, 0) is 38.5 Å². The average Bonchev–Trinajstić information content (AvgIpc) is 3.01. The van der Waals surface area contributed by atoms with Crippen LogP contribution in [-0.2, 0) is 4.74 Å². The summed E-state index contributed by atoms with van der Waals surface area (Å²) in [6, 6.07) is 5.62. The summed E-state index contributed by atoms with van der Waals surface area (Å²) < 4.78 is 16.1. The van der Waals surface area contributed by atoms with Crippen molar-refractivity contribution in [2.24, 2.45) is 0 Å². The average molecular weight is 387 g/mol. The molecule has 0 unspecified atom stereocenters. The highest BCUT2D eigenvalue weighted by atomic mass is 32.1. The number of methoxy groups -OCH3 is 1. The van der Waals surface area contributed by atoms with Crippen molar-refractivity contribution in [2.45, 2.75) is 20.8 Å². The van der Waals surface area contributed by atoms with Gasteiger partial charge in [-0.25, -0.2) is 14.8 Å². The molecule has 3 rings (SSSR count). The van der Waals surface area contributed by atoms with Gasteiger partial charge < -0.3 is 19.5 Å². The number of rotatable bonds is 7. The molecule has 0 amide bonds. The molecule has 1 N–H and O–H groups in total. The van der Waals surface area contributed by atoms with E-state index in [1.165, 1.54) is 24.8 Å². The van der Waals surface area contributed by atoms with E-state index in [2.05, 4.69) is 15.3 Å². The van der Waals surface area contributed by atoms with Crippen LogP contribution in [0.3, 0.4) is 0 Å². The lowest BCUT2D eigenvalue weighted by Gasteiger charge is -2.13. The molecule has 27 heavy (non-hydrogen) atoms. The third-order valence-electron chi connectivity index (χ3n) is 3.90. The Balaban J connectivity index is 2.00. The molecule has 2 aromatic heterocycles. The lowest BCUT2D eigenvalue weighted by molar-refractivity contribution is 0.0605. The number of ether oxygens (including phenoxy) is 3. The Morgan fingerprint density at radius 1 is 1.15 bits per heavy atom. The van der Waals surface area contributed by atoms with Gasteiger partial charge in [-0.2, -0.15) is 0 Å². The number of hydrogen-bond donors (Lipinski definition) is 1. The number of hydrogen-bond acceptors (Lipinski definition) is 8. The first kappa shape index (κ1) is 18.9. The van der Waals surface area contributed by atoms with E-state index >= 15 is 0 Å². The maximum atomic E-state index is 12.0. The van der Waals surface area contributed by atoms with Gasteiger partial charge in [-0.3, -0.25) is 0 Å². The smallest absolute Gasteiger partial charge is 0.348 e. The van der Waals surface area contributed by atoms with Crippen LogP contribution in [0.4, 0.5) is 11.5 Å². The molecule has 0 radical (unpaired) electrons. The minimum absolute atomic E-state index is 0.374. The summed E-state index contributed by atoms with van der Waals surface area (Å²) in [6.45, 7) is 6.81. The molecule has 8 heteroatoms. The van der Waals surface area contributed by atoms with Crippen LogP contribution in [-0.4, -0.2) is 36.3 Å². The highest BCUT2D eigenvalue weighted by molar-refractivity contribution is 7.20. The summed E-state index contributed by atoms with van der Waals surface area (Å²) >= 11 is 1.29. The van der Waals surface area contributed by atoms with Crippen LogP contribution in [0.15, 0.2) is 24.5 Å². The zero-order valence-electron chi connectivity index (χ0n) is 15.7. The molecule has 2 heterocycles. The number of benzene rings is 1. The van der Waals surface area contributed by atoms with Gasteiger partial charge in [0.2, 0.25) is 0 Å². The van der Waals surface area contributed by atoms with Crippen molar-refractivity contribution >= 4 is 39.0 Å². The first-order valence-electron chi connectivity index (χ1n) is 8.58. The second kappa shape index (κ2) is 8.22. The van der Waals surface area contributed by atoms with Crippen LogP contribution in [0.1, 0.15) is 29.1 Å². The van der Waals surface area contributed by atoms with E-state index in [4.69, 9.17) is 14.2 Å². The molecule has 7 nitrogen and oxygen atoms in total. The van der Waals surface area contributed by atoms with Crippen LogP contribution >= 0.6 is 11.3 Å². The van der Waals surface area contributed by atoms with E-state index in [-0.39, 0.29) is 5.97 Å². The Bertz CT molecular complexity index is 971. The number of aromatic nitrogens is 2. The molecule has 0 aliphatic heterocycles. The quantitative estimate of drug-likeness (QED) is 0.604. The van der Waals surface area contributed by atoms with Crippen molar-refractivity contribution in [2.75, 3.05) is 25.6 Å². The van der Waals surface area contributed by atoms with E-state index < -0.39 is 0 Å². The molecule has 1 aromatic carbocycles. The topological polar surface area (TPSA) is 82.6 Å². The maximum Gasteiger partial charge on any atom is 0.348 e.